The SMILES string of the molecule is CC(O)c1ccc(-c2ccc(CNCc3cccs3)o2)cc1.[Cl-]. The number of hydrogen-bond donors (Lipinski definition) is 2. The topological polar surface area (TPSA) is 45.4 Å². The molecule has 3 nitrogen and oxygen atoms in total. The number of halogens is 1. The Labute approximate surface area is 146 Å². The fourth-order valence-electron chi connectivity index (χ4n) is 2.28. The highest BCUT2D eigenvalue weighted by Crippen LogP contribution is 2.24. The van der Waals surface area contributed by atoms with Crippen LogP contribution >= 0.6 is 11.3 Å². The van der Waals surface area contributed by atoms with Crippen LogP contribution in [0.2, 0.25) is 0 Å². The Morgan fingerprint density at radius 3 is 2.52 bits per heavy atom. The van der Waals surface area contributed by atoms with Crippen LogP contribution in [-0.4, -0.2) is 5.11 Å². The van der Waals surface area contributed by atoms with Gasteiger partial charge in [-0.2, -0.15) is 0 Å². The second kappa shape index (κ2) is 8.31. The van der Waals surface area contributed by atoms with Crippen molar-refractivity contribution in [3.63, 3.8) is 0 Å². The maximum atomic E-state index is 9.53. The molecule has 122 valence electrons. The second-order valence-corrected chi connectivity index (χ2v) is 6.28. The van der Waals surface area contributed by atoms with Gasteiger partial charge in [-0.25, -0.2) is 0 Å². The summed E-state index contributed by atoms with van der Waals surface area (Å²) in [6.45, 7) is 3.33. The molecule has 2 N–H and O–H groups in total. The predicted molar refractivity (Wildman–Crippen MR) is 89.6 cm³/mol. The lowest BCUT2D eigenvalue weighted by Crippen LogP contribution is -3.00. The molecule has 0 saturated heterocycles. The van der Waals surface area contributed by atoms with E-state index in [1.54, 1.807) is 18.3 Å². The molecule has 0 aliphatic rings. The van der Waals surface area contributed by atoms with Crippen LogP contribution in [0, 0.1) is 0 Å². The molecule has 0 aliphatic carbocycles. The van der Waals surface area contributed by atoms with E-state index in [2.05, 4.69) is 22.8 Å². The highest BCUT2D eigenvalue weighted by molar-refractivity contribution is 7.09. The first-order valence-corrected chi connectivity index (χ1v) is 8.20. The zero-order valence-electron chi connectivity index (χ0n) is 12.8. The molecule has 1 unspecified atom stereocenters. The quantitative estimate of drug-likeness (QED) is 0.707. The zero-order chi connectivity index (χ0) is 15.4. The van der Waals surface area contributed by atoms with Crippen LogP contribution in [0.1, 0.15) is 29.2 Å². The molecule has 0 bridgehead atoms. The van der Waals surface area contributed by atoms with Gasteiger partial charge in [-0.3, -0.25) is 0 Å². The minimum atomic E-state index is -0.442. The van der Waals surface area contributed by atoms with E-state index in [4.69, 9.17) is 4.42 Å². The Morgan fingerprint density at radius 1 is 1.09 bits per heavy atom. The number of aliphatic hydroxyl groups is 1. The summed E-state index contributed by atoms with van der Waals surface area (Å²) in [4.78, 5) is 1.32. The monoisotopic (exact) mass is 348 g/mol. The molecule has 0 amide bonds. The normalized spacial score (nSPS) is 11.9. The highest BCUT2D eigenvalue weighted by Gasteiger charge is 2.06. The minimum absolute atomic E-state index is 0. The Hall–Kier alpha value is -1.59. The fourth-order valence-corrected chi connectivity index (χ4v) is 2.95. The number of benzene rings is 1. The molecule has 5 heteroatoms. The van der Waals surface area contributed by atoms with Crippen LogP contribution < -0.4 is 17.7 Å². The van der Waals surface area contributed by atoms with Crippen molar-refractivity contribution in [2.24, 2.45) is 0 Å². The van der Waals surface area contributed by atoms with E-state index in [0.29, 0.717) is 6.54 Å². The summed E-state index contributed by atoms with van der Waals surface area (Å²) in [5.74, 6) is 1.77. The Balaban J connectivity index is 0.00000192. The van der Waals surface area contributed by atoms with Gasteiger partial charge in [0.05, 0.1) is 12.6 Å². The molecule has 23 heavy (non-hydrogen) atoms. The fraction of sp³-hybridized carbons (Fsp3) is 0.222. The number of furan rings is 1. The number of thiophene rings is 1. The molecule has 1 atom stereocenters. The summed E-state index contributed by atoms with van der Waals surface area (Å²) in [7, 11) is 0. The largest absolute Gasteiger partial charge is 1.00 e. The van der Waals surface area contributed by atoms with Gasteiger partial charge < -0.3 is 27.2 Å². The number of hydrogen-bond acceptors (Lipinski definition) is 4. The van der Waals surface area contributed by atoms with Gasteiger partial charge in [-0.05, 0) is 36.1 Å². The molecule has 0 saturated carbocycles. The average Bonchev–Trinajstić information content (AvgIpc) is 3.19. The Bertz CT molecular complexity index is 705. The third-order valence-electron chi connectivity index (χ3n) is 3.52. The molecule has 3 aromatic rings. The van der Waals surface area contributed by atoms with Gasteiger partial charge >= 0.3 is 0 Å². The standard InChI is InChI=1S/C18H19NO2S.ClH/c1-13(20)14-4-6-15(7-5-14)18-9-8-16(21-18)11-19-12-17-3-2-10-22-17;/h2-10,13,19-20H,11-12H2,1H3;1H/p-1. The van der Waals surface area contributed by atoms with E-state index < -0.39 is 6.10 Å². The van der Waals surface area contributed by atoms with E-state index in [-0.39, 0.29) is 12.4 Å². The summed E-state index contributed by atoms with van der Waals surface area (Å²) in [6.07, 6.45) is -0.442. The van der Waals surface area contributed by atoms with Crippen LogP contribution in [-0.2, 0) is 13.1 Å². The molecule has 0 fully saturated rings. The Kier molecular flexibility index (Phi) is 6.42. The van der Waals surface area contributed by atoms with Crippen molar-refractivity contribution in [2.45, 2.75) is 26.1 Å². The summed E-state index contributed by atoms with van der Waals surface area (Å²) in [5.41, 5.74) is 1.93. The summed E-state index contributed by atoms with van der Waals surface area (Å²) in [5, 5.41) is 15.0. The number of rotatable bonds is 6. The smallest absolute Gasteiger partial charge is 0.134 e. The van der Waals surface area contributed by atoms with Gasteiger partial charge in [0, 0.05) is 17.0 Å². The van der Waals surface area contributed by atoms with Gasteiger partial charge in [-0.1, -0.05) is 30.3 Å². The van der Waals surface area contributed by atoms with Crippen molar-refractivity contribution in [2.75, 3.05) is 0 Å². The molecule has 0 aliphatic heterocycles. The summed E-state index contributed by atoms with van der Waals surface area (Å²) in [6, 6.07) is 16.0. The van der Waals surface area contributed by atoms with Crippen molar-refractivity contribution in [1.29, 1.82) is 0 Å². The lowest BCUT2D eigenvalue weighted by atomic mass is 10.1. The van der Waals surface area contributed by atoms with Crippen LogP contribution in [0.25, 0.3) is 11.3 Å². The van der Waals surface area contributed by atoms with Gasteiger partial charge in [-0.15, -0.1) is 11.3 Å². The lowest BCUT2D eigenvalue weighted by Gasteiger charge is -2.05. The Morgan fingerprint density at radius 2 is 1.87 bits per heavy atom. The van der Waals surface area contributed by atoms with Crippen molar-refractivity contribution in [3.05, 3.63) is 70.1 Å². The number of nitrogens with one attached hydrogen (secondary N) is 1. The highest BCUT2D eigenvalue weighted by atomic mass is 35.5. The van der Waals surface area contributed by atoms with Crippen LogP contribution in [0.3, 0.4) is 0 Å². The predicted octanol–water partition coefficient (Wildman–Crippen LogP) is 1.36. The first-order chi connectivity index (χ1) is 10.7. The molecule has 0 spiro atoms. The first-order valence-electron chi connectivity index (χ1n) is 7.32. The maximum absolute atomic E-state index is 9.53. The zero-order valence-corrected chi connectivity index (χ0v) is 14.4. The van der Waals surface area contributed by atoms with E-state index in [1.807, 2.05) is 36.4 Å². The second-order valence-electron chi connectivity index (χ2n) is 5.25. The van der Waals surface area contributed by atoms with Crippen LogP contribution in [0.15, 0.2) is 58.3 Å². The lowest BCUT2D eigenvalue weighted by molar-refractivity contribution is -0.00000687. The first kappa shape index (κ1) is 17.8. The molecule has 0 radical (unpaired) electrons. The maximum Gasteiger partial charge on any atom is 0.134 e. The minimum Gasteiger partial charge on any atom is -1.00 e. The van der Waals surface area contributed by atoms with Gasteiger partial charge in [0.1, 0.15) is 11.5 Å². The summed E-state index contributed by atoms with van der Waals surface area (Å²) < 4.78 is 5.87. The van der Waals surface area contributed by atoms with Crippen molar-refractivity contribution in [1.82, 2.24) is 5.32 Å². The molecule has 1 aromatic carbocycles. The van der Waals surface area contributed by atoms with E-state index in [1.165, 1.54) is 4.88 Å². The summed E-state index contributed by atoms with van der Waals surface area (Å²) >= 11 is 1.75. The van der Waals surface area contributed by atoms with Gasteiger partial charge in [0.2, 0.25) is 0 Å². The van der Waals surface area contributed by atoms with E-state index in [0.717, 1.165) is 29.2 Å². The van der Waals surface area contributed by atoms with E-state index >= 15 is 0 Å². The molecule has 2 aromatic heterocycles. The molecule has 3 rings (SSSR count). The third-order valence-corrected chi connectivity index (χ3v) is 4.39. The van der Waals surface area contributed by atoms with E-state index in [9.17, 15) is 5.11 Å². The molecular weight excluding hydrogens is 330 g/mol. The van der Waals surface area contributed by atoms with Crippen LogP contribution in [0.4, 0.5) is 0 Å². The molecule has 2 heterocycles. The van der Waals surface area contributed by atoms with Gasteiger partial charge in [0.15, 0.2) is 0 Å². The van der Waals surface area contributed by atoms with Crippen molar-refractivity contribution < 1.29 is 21.9 Å². The van der Waals surface area contributed by atoms with Crippen molar-refractivity contribution >= 4 is 11.3 Å². The van der Waals surface area contributed by atoms with Crippen LogP contribution in [0.5, 0.6) is 0 Å². The number of aliphatic hydroxyl groups excluding tert-OH is 1. The average molecular weight is 349 g/mol. The van der Waals surface area contributed by atoms with Crippen molar-refractivity contribution in [3.8, 4) is 11.3 Å². The third kappa shape index (κ3) is 4.69. The van der Waals surface area contributed by atoms with Gasteiger partial charge in [0.25, 0.3) is 0 Å². The molecular formula is C18H19ClNO2S-.